The van der Waals surface area contributed by atoms with Crippen molar-refractivity contribution in [3.05, 3.63) is 58.4 Å². The fraction of sp³-hybridized carbons (Fsp3) is 0.414. The van der Waals surface area contributed by atoms with Gasteiger partial charge in [0.25, 0.3) is 5.56 Å². The lowest BCUT2D eigenvalue weighted by Gasteiger charge is -2.35. The number of amides is 1. The first-order valence-electron chi connectivity index (χ1n) is 12.9. The minimum atomic E-state index is -0.0631. The average Bonchev–Trinajstić information content (AvgIpc) is 3.29. The zero-order chi connectivity index (χ0) is 26.8. The standard InChI is InChI=1S/C29H33N3O4S2/c1-18-13-19(2)16-31(15-18)25(33)17-37-29-30-26-21-7-5-6-8-24(21)38-27(26)28(34)32(29)12-11-20-9-10-22(35-3)23(14-20)36-4/h5-10,14,18-19H,11-13,15-17H2,1-4H3. The highest BCUT2D eigenvalue weighted by Gasteiger charge is 2.26. The number of carbonyl (C=O) groups excluding carboxylic acids is 1. The number of ether oxygens (including phenoxy) is 2. The van der Waals surface area contributed by atoms with Gasteiger partial charge in [-0.05, 0) is 48.4 Å². The third kappa shape index (κ3) is 5.40. The van der Waals surface area contributed by atoms with E-state index < -0.39 is 0 Å². The molecule has 0 radical (unpaired) electrons. The van der Waals surface area contributed by atoms with Crippen LogP contribution in [-0.2, 0) is 17.8 Å². The van der Waals surface area contributed by atoms with E-state index in [0.29, 0.717) is 51.7 Å². The quantitative estimate of drug-likeness (QED) is 0.214. The molecule has 1 aliphatic rings. The normalized spacial score (nSPS) is 17.7. The lowest BCUT2D eigenvalue weighted by Crippen LogP contribution is -2.43. The molecule has 1 amide bonds. The summed E-state index contributed by atoms with van der Waals surface area (Å²) in [7, 11) is 3.22. The zero-order valence-electron chi connectivity index (χ0n) is 22.2. The first-order chi connectivity index (χ1) is 18.4. The third-order valence-electron chi connectivity index (χ3n) is 7.07. The van der Waals surface area contributed by atoms with Crippen molar-refractivity contribution in [3.8, 4) is 11.5 Å². The monoisotopic (exact) mass is 551 g/mol. The van der Waals surface area contributed by atoms with Crippen molar-refractivity contribution >= 4 is 49.3 Å². The molecule has 3 heterocycles. The van der Waals surface area contributed by atoms with Crippen LogP contribution in [0.4, 0.5) is 0 Å². The highest BCUT2D eigenvalue weighted by molar-refractivity contribution is 7.99. The maximum absolute atomic E-state index is 13.8. The van der Waals surface area contributed by atoms with Gasteiger partial charge >= 0.3 is 0 Å². The molecule has 4 aromatic rings. The van der Waals surface area contributed by atoms with Gasteiger partial charge < -0.3 is 14.4 Å². The summed E-state index contributed by atoms with van der Waals surface area (Å²) < 4.78 is 14.2. The molecule has 0 aliphatic carbocycles. The highest BCUT2D eigenvalue weighted by Crippen LogP contribution is 2.33. The number of carbonyl (C=O) groups is 1. The second-order valence-corrected chi connectivity index (χ2v) is 12.1. The van der Waals surface area contributed by atoms with Crippen molar-refractivity contribution in [2.75, 3.05) is 33.1 Å². The minimum Gasteiger partial charge on any atom is -0.493 e. The summed E-state index contributed by atoms with van der Waals surface area (Å²) in [5.41, 5.74) is 1.68. The van der Waals surface area contributed by atoms with Crippen molar-refractivity contribution in [2.45, 2.75) is 38.4 Å². The molecule has 9 heteroatoms. The fourth-order valence-electron chi connectivity index (χ4n) is 5.32. The second-order valence-electron chi connectivity index (χ2n) is 10.1. The van der Waals surface area contributed by atoms with Gasteiger partial charge in [0.05, 0.1) is 25.5 Å². The van der Waals surface area contributed by atoms with E-state index in [1.54, 1.807) is 18.8 Å². The number of aromatic nitrogens is 2. The summed E-state index contributed by atoms with van der Waals surface area (Å²) in [4.78, 5) is 33.9. The number of rotatable bonds is 8. The molecule has 1 aliphatic heterocycles. The Morgan fingerprint density at radius 2 is 1.82 bits per heavy atom. The molecule has 0 N–H and O–H groups in total. The Labute approximate surface area is 230 Å². The number of thiophene rings is 1. The first kappa shape index (κ1) is 26.6. The molecular weight excluding hydrogens is 518 g/mol. The summed E-state index contributed by atoms with van der Waals surface area (Å²) >= 11 is 2.84. The second kappa shape index (κ2) is 11.4. The fourth-order valence-corrected chi connectivity index (χ4v) is 7.33. The molecule has 2 atom stereocenters. The third-order valence-corrected chi connectivity index (χ3v) is 9.17. The summed E-state index contributed by atoms with van der Waals surface area (Å²) in [5.74, 6) is 2.68. The number of fused-ring (bicyclic) bond motifs is 3. The van der Waals surface area contributed by atoms with E-state index in [-0.39, 0.29) is 17.2 Å². The number of benzene rings is 2. The lowest BCUT2D eigenvalue weighted by molar-refractivity contribution is -0.130. The Kier molecular flexibility index (Phi) is 7.95. The van der Waals surface area contributed by atoms with Gasteiger partial charge in [0.1, 0.15) is 4.70 Å². The van der Waals surface area contributed by atoms with Crippen LogP contribution in [0.5, 0.6) is 11.5 Å². The van der Waals surface area contributed by atoms with Crippen LogP contribution in [0.25, 0.3) is 20.3 Å². The molecule has 1 fully saturated rings. The predicted molar refractivity (Wildman–Crippen MR) is 155 cm³/mol. The first-order valence-corrected chi connectivity index (χ1v) is 14.7. The van der Waals surface area contributed by atoms with E-state index in [9.17, 15) is 9.59 Å². The van der Waals surface area contributed by atoms with E-state index in [4.69, 9.17) is 14.5 Å². The van der Waals surface area contributed by atoms with Crippen LogP contribution in [0.3, 0.4) is 0 Å². The van der Waals surface area contributed by atoms with Gasteiger partial charge in [-0.3, -0.25) is 14.2 Å². The smallest absolute Gasteiger partial charge is 0.272 e. The molecule has 2 unspecified atom stereocenters. The number of piperidine rings is 1. The van der Waals surface area contributed by atoms with Gasteiger partial charge in [-0.15, -0.1) is 11.3 Å². The van der Waals surface area contributed by atoms with Crippen LogP contribution in [0, 0.1) is 11.8 Å². The van der Waals surface area contributed by atoms with Gasteiger partial charge in [0, 0.05) is 29.7 Å². The van der Waals surface area contributed by atoms with Gasteiger partial charge in [0.2, 0.25) is 5.91 Å². The van der Waals surface area contributed by atoms with Crippen LogP contribution in [0.2, 0.25) is 0 Å². The maximum atomic E-state index is 13.8. The number of likely N-dealkylation sites (tertiary alicyclic amines) is 1. The van der Waals surface area contributed by atoms with E-state index in [1.165, 1.54) is 23.1 Å². The maximum Gasteiger partial charge on any atom is 0.272 e. The van der Waals surface area contributed by atoms with Gasteiger partial charge in [-0.2, -0.15) is 0 Å². The molecule has 38 heavy (non-hydrogen) atoms. The van der Waals surface area contributed by atoms with Crippen LogP contribution >= 0.6 is 23.1 Å². The van der Waals surface area contributed by atoms with Crippen LogP contribution in [0.1, 0.15) is 25.8 Å². The number of thioether (sulfide) groups is 1. The molecule has 2 aromatic carbocycles. The molecule has 0 spiro atoms. The van der Waals surface area contributed by atoms with Crippen molar-refractivity contribution in [1.29, 1.82) is 0 Å². The Morgan fingerprint density at radius 1 is 1.08 bits per heavy atom. The van der Waals surface area contributed by atoms with Crippen molar-refractivity contribution in [2.24, 2.45) is 11.8 Å². The van der Waals surface area contributed by atoms with Crippen LogP contribution in [0.15, 0.2) is 52.4 Å². The molecular formula is C29H33N3O4S2. The molecule has 200 valence electrons. The lowest BCUT2D eigenvalue weighted by atomic mass is 9.92. The van der Waals surface area contributed by atoms with Crippen molar-refractivity contribution in [3.63, 3.8) is 0 Å². The zero-order valence-corrected chi connectivity index (χ0v) is 23.9. The SMILES string of the molecule is COc1ccc(CCn2c(SCC(=O)N3CC(C)CC(C)C3)nc3c(sc4ccccc43)c2=O)cc1OC. The summed E-state index contributed by atoms with van der Waals surface area (Å²) in [6.07, 6.45) is 1.76. The Hall–Kier alpha value is -3.04. The number of methoxy groups -OCH3 is 2. The molecule has 1 saturated heterocycles. The van der Waals surface area contributed by atoms with Crippen molar-refractivity contribution in [1.82, 2.24) is 14.5 Å². The van der Waals surface area contributed by atoms with E-state index >= 15 is 0 Å². The van der Waals surface area contributed by atoms with Gasteiger partial charge in [0.15, 0.2) is 16.7 Å². The molecule has 0 bridgehead atoms. The molecule has 0 saturated carbocycles. The molecule has 5 rings (SSSR count). The average molecular weight is 552 g/mol. The summed E-state index contributed by atoms with van der Waals surface area (Å²) in [5, 5.41) is 1.56. The number of nitrogens with zero attached hydrogens (tertiary/aromatic N) is 3. The summed E-state index contributed by atoms with van der Waals surface area (Å²) in [6, 6.07) is 13.8. The predicted octanol–water partition coefficient (Wildman–Crippen LogP) is 5.47. The van der Waals surface area contributed by atoms with Crippen molar-refractivity contribution < 1.29 is 14.3 Å². The molecule has 7 nitrogen and oxygen atoms in total. The van der Waals surface area contributed by atoms with Crippen LogP contribution in [-0.4, -0.2) is 53.4 Å². The van der Waals surface area contributed by atoms with E-state index in [2.05, 4.69) is 13.8 Å². The largest absolute Gasteiger partial charge is 0.493 e. The summed E-state index contributed by atoms with van der Waals surface area (Å²) in [6.45, 7) is 6.42. The highest BCUT2D eigenvalue weighted by atomic mass is 32.2. The van der Waals surface area contributed by atoms with E-state index in [1.807, 2.05) is 47.4 Å². The molecule has 2 aromatic heterocycles. The Bertz CT molecular complexity index is 1520. The topological polar surface area (TPSA) is 73.7 Å². The number of hydrogen-bond donors (Lipinski definition) is 0. The van der Waals surface area contributed by atoms with Crippen LogP contribution < -0.4 is 15.0 Å². The Morgan fingerprint density at radius 3 is 2.55 bits per heavy atom. The van der Waals surface area contributed by atoms with E-state index in [0.717, 1.165) is 35.2 Å². The Balaban J connectivity index is 1.46. The number of hydrogen-bond acceptors (Lipinski definition) is 7. The minimum absolute atomic E-state index is 0.0631. The van der Waals surface area contributed by atoms with Gasteiger partial charge in [-0.1, -0.05) is 49.9 Å². The number of aryl methyl sites for hydroxylation is 1. The van der Waals surface area contributed by atoms with Gasteiger partial charge in [-0.25, -0.2) is 4.98 Å².